The Kier molecular flexibility index (Phi) is 11.5. The lowest BCUT2D eigenvalue weighted by molar-refractivity contribution is -0.306. The van der Waals surface area contributed by atoms with Crippen molar-refractivity contribution in [3.63, 3.8) is 0 Å². The Balaban J connectivity index is 1.77. The van der Waals surface area contributed by atoms with E-state index in [4.69, 9.17) is 18.9 Å². The Bertz CT molecular complexity index is 906. The minimum atomic E-state index is -1.06. The van der Waals surface area contributed by atoms with Gasteiger partial charge in [0.25, 0.3) is 5.24 Å². The van der Waals surface area contributed by atoms with Crippen LogP contribution < -0.4 is 4.74 Å². The summed E-state index contributed by atoms with van der Waals surface area (Å²) in [4.78, 5) is 27.5. The molecule has 0 N–H and O–H groups in total. The second-order valence-corrected chi connectivity index (χ2v) is 10.6. The van der Waals surface area contributed by atoms with Crippen molar-refractivity contribution in [1.29, 1.82) is 0 Å². The van der Waals surface area contributed by atoms with E-state index < -0.39 is 5.79 Å². The van der Waals surface area contributed by atoms with E-state index in [0.29, 0.717) is 31.6 Å². The third-order valence-electron chi connectivity index (χ3n) is 7.02. The lowest BCUT2D eigenvalue weighted by Gasteiger charge is -2.48. The summed E-state index contributed by atoms with van der Waals surface area (Å²) in [7, 11) is 3.25. The van der Waals surface area contributed by atoms with Crippen LogP contribution in [0.25, 0.3) is 0 Å². The molecule has 2 heterocycles. The molecule has 8 heteroatoms. The van der Waals surface area contributed by atoms with E-state index in [2.05, 4.69) is 13.2 Å². The summed E-state index contributed by atoms with van der Waals surface area (Å²) in [6.07, 6.45) is 9.86. The predicted molar refractivity (Wildman–Crippen MR) is 147 cm³/mol. The van der Waals surface area contributed by atoms with Gasteiger partial charge in [-0.3, -0.25) is 9.59 Å². The number of hydrogen-bond acceptors (Lipinski definition) is 7. The van der Waals surface area contributed by atoms with Gasteiger partial charge in [-0.25, -0.2) is 0 Å². The summed E-state index contributed by atoms with van der Waals surface area (Å²) in [5, 5.41) is -0.00890. The Morgan fingerprint density at radius 3 is 2.57 bits per heavy atom. The summed E-state index contributed by atoms with van der Waals surface area (Å²) < 4.78 is 24.0. The van der Waals surface area contributed by atoms with Gasteiger partial charge in [0.15, 0.2) is 5.79 Å². The van der Waals surface area contributed by atoms with E-state index in [-0.39, 0.29) is 29.5 Å². The van der Waals surface area contributed by atoms with Crippen LogP contribution in [0.3, 0.4) is 0 Å². The molecule has 7 nitrogen and oxygen atoms in total. The SMILES string of the molecule is C=CCCCCC(=O)OC1CC(CCCC=C)OC(OC)(C2CSC(=O)N2Cc2ccc(OC)cc2)C1. The number of benzene rings is 1. The highest BCUT2D eigenvalue weighted by atomic mass is 32.2. The molecule has 4 unspecified atom stereocenters. The van der Waals surface area contributed by atoms with Gasteiger partial charge in [0.2, 0.25) is 0 Å². The van der Waals surface area contributed by atoms with Crippen molar-refractivity contribution in [2.75, 3.05) is 20.0 Å². The van der Waals surface area contributed by atoms with Crippen LogP contribution in [0.2, 0.25) is 0 Å². The van der Waals surface area contributed by atoms with Crippen molar-refractivity contribution < 1.29 is 28.5 Å². The first-order chi connectivity index (χ1) is 17.9. The van der Waals surface area contributed by atoms with E-state index in [1.165, 1.54) is 11.8 Å². The highest BCUT2D eigenvalue weighted by molar-refractivity contribution is 8.13. The van der Waals surface area contributed by atoms with Crippen LogP contribution >= 0.6 is 11.8 Å². The molecule has 204 valence electrons. The molecule has 0 radical (unpaired) electrons. The number of nitrogens with zero attached hydrogens (tertiary/aromatic N) is 1. The average Bonchev–Trinajstić information content (AvgIpc) is 3.27. The zero-order valence-corrected chi connectivity index (χ0v) is 23.0. The van der Waals surface area contributed by atoms with E-state index >= 15 is 0 Å². The fourth-order valence-corrected chi connectivity index (χ4v) is 6.12. The van der Waals surface area contributed by atoms with E-state index in [1.54, 1.807) is 14.2 Å². The van der Waals surface area contributed by atoms with Gasteiger partial charge in [0.05, 0.1) is 19.3 Å². The molecule has 37 heavy (non-hydrogen) atoms. The Hall–Kier alpha value is -2.29. The quantitative estimate of drug-likeness (QED) is 0.150. The van der Waals surface area contributed by atoms with Crippen molar-refractivity contribution in [3.05, 3.63) is 55.1 Å². The van der Waals surface area contributed by atoms with Gasteiger partial charge < -0.3 is 23.8 Å². The molecule has 0 saturated carbocycles. The first-order valence-corrected chi connectivity index (χ1v) is 14.1. The molecule has 1 amide bonds. The summed E-state index contributed by atoms with van der Waals surface area (Å²) in [5.41, 5.74) is 0.994. The standard InChI is InChI=1S/C29H41NO6S/c1-5-7-9-11-13-27(31)35-25-18-24(12-10-8-6-2)36-29(19-25,34-4)26-21-37-28(32)30(26)20-22-14-16-23(33-3)17-15-22/h5-6,14-17,24-26H,1-2,7-13,18-21H2,3-4H3. The molecule has 0 spiro atoms. The topological polar surface area (TPSA) is 74.3 Å². The maximum atomic E-state index is 13.0. The fraction of sp³-hybridized carbons (Fsp3) is 0.586. The number of carbonyl (C=O) groups excluding carboxylic acids is 2. The number of methoxy groups -OCH3 is 2. The number of amides is 1. The Morgan fingerprint density at radius 1 is 1.16 bits per heavy atom. The van der Waals surface area contributed by atoms with E-state index in [1.807, 2.05) is 41.3 Å². The number of allylic oxidation sites excluding steroid dienone is 2. The monoisotopic (exact) mass is 531 g/mol. The normalized spacial score (nSPS) is 25.6. The number of thioether (sulfide) groups is 1. The van der Waals surface area contributed by atoms with Gasteiger partial charge in [-0.1, -0.05) is 36.0 Å². The average molecular weight is 532 g/mol. The zero-order chi connectivity index (χ0) is 26.7. The molecule has 0 aliphatic carbocycles. The molecule has 0 bridgehead atoms. The fourth-order valence-electron chi connectivity index (χ4n) is 5.03. The minimum absolute atomic E-state index is 0.00890. The Labute approximate surface area is 225 Å². The molecule has 2 saturated heterocycles. The first kappa shape index (κ1) is 29.3. The predicted octanol–water partition coefficient (Wildman–Crippen LogP) is 6.27. The van der Waals surface area contributed by atoms with Gasteiger partial charge in [0.1, 0.15) is 11.9 Å². The molecule has 3 rings (SSSR count). The number of ether oxygens (including phenoxy) is 4. The van der Waals surface area contributed by atoms with Gasteiger partial charge in [-0.2, -0.15) is 0 Å². The lowest BCUT2D eigenvalue weighted by Crippen LogP contribution is -2.60. The third kappa shape index (κ3) is 8.09. The molecule has 2 aliphatic rings. The molecule has 4 atom stereocenters. The second kappa shape index (κ2) is 14.6. The highest BCUT2D eigenvalue weighted by Crippen LogP contribution is 2.43. The zero-order valence-electron chi connectivity index (χ0n) is 22.2. The van der Waals surface area contributed by atoms with Crippen LogP contribution in [0, 0.1) is 0 Å². The number of carbonyl (C=O) groups is 2. The summed E-state index contributed by atoms with van der Waals surface area (Å²) in [6, 6.07) is 7.39. The number of hydrogen-bond donors (Lipinski definition) is 0. The van der Waals surface area contributed by atoms with Crippen molar-refractivity contribution in [2.24, 2.45) is 0 Å². The van der Waals surface area contributed by atoms with Crippen LogP contribution in [0.4, 0.5) is 4.79 Å². The minimum Gasteiger partial charge on any atom is -0.497 e. The summed E-state index contributed by atoms with van der Waals surface area (Å²) in [5.74, 6) is 0.0571. The number of unbranched alkanes of at least 4 members (excludes halogenated alkanes) is 3. The lowest BCUT2D eigenvalue weighted by atomic mass is 9.90. The van der Waals surface area contributed by atoms with Crippen LogP contribution in [0.5, 0.6) is 5.75 Å². The third-order valence-corrected chi connectivity index (χ3v) is 7.98. The van der Waals surface area contributed by atoms with Gasteiger partial charge in [-0.05, 0) is 56.2 Å². The molecular formula is C29H41NO6S. The molecular weight excluding hydrogens is 490 g/mol. The van der Waals surface area contributed by atoms with Crippen molar-refractivity contribution in [2.45, 2.75) is 88.4 Å². The van der Waals surface area contributed by atoms with E-state index in [0.717, 1.165) is 49.8 Å². The van der Waals surface area contributed by atoms with Crippen molar-refractivity contribution in [1.82, 2.24) is 4.90 Å². The number of esters is 1. The molecule has 2 fully saturated rings. The highest BCUT2D eigenvalue weighted by Gasteiger charge is 2.54. The largest absolute Gasteiger partial charge is 0.497 e. The van der Waals surface area contributed by atoms with Crippen molar-refractivity contribution >= 4 is 23.0 Å². The first-order valence-electron chi connectivity index (χ1n) is 13.1. The smallest absolute Gasteiger partial charge is 0.306 e. The molecule has 2 aliphatic heterocycles. The maximum absolute atomic E-state index is 13.0. The molecule has 1 aromatic rings. The van der Waals surface area contributed by atoms with Crippen LogP contribution in [-0.2, 0) is 25.5 Å². The van der Waals surface area contributed by atoms with Crippen molar-refractivity contribution in [3.8, 4) is 5.75 Å². The summed E-state index contributed by atoms with van der Waals surface area (Å²) in [6.45, 7) is 7.99. The van der Waals surface area contributed by atoms with Crippen LogP contribution in [0.15, 0.2) is 49.6 Å². The van der Waals surface area contributed by atoms with Crippen LogP contribution in [0.1, 0.15) is 63.4 Å². The second-order valence-electron chi connectivity index (χ2n) is 9.63. The number of rotatable bonds is 15. The van der Waals surface area contributed by atoms with Crippen LogP contribution in [-0.4, -0.2) is 60.1 Å². The van der Waals surface area contributed by atoms with Gasteiger partial charge >= 0.3 is 5.97 Å². The Morgan fingerprint density at radius 2 is 1.89 bits per heavy atom. The molecule has 1 aromatic carbocycles. The maximum Gasteiger partial charge on any atom is 0.306 e. The molecule has 0 aromatic heterocycles. The van der Waals surface area contributed by atoms with Gasteiger partial charge in [0, 0.05) is 38.7 Å². The van der Waals surface area contributed by atoms with E-state index in [9.17, 15) is 9.59 Å². The van der Waals surface area contributed by atoms with Gasteiger partial charge in [-0.15, -0.1) is 13.2 Å². The summed E-state index contributed by atoms with van der Waals surface area (Å²) >= 11 is 1.27.